The monoisotopic (exact) mass is 262 g/mol. The van der Waals surface area contributed by atoms with Gasteiger partial charge < -0.3 is 5.32 Å². The van der Waals surface area contributed by atoms with Crippen molar-refractivity contribution in [1.29, 1.82) is 0 Å². The summed E-state index contributed by atoms with van der Waals surface area (Å²) in [5, 5.41) is 3.64. The number of pyridine rings is 1. The van der Waals surface area contributed by atoms with Gasteiger partial charge >= 0.3 is 0 Å². The molecule has 108 valence electrons. The van der Waals surface area contributed by atoms with E-state index in [4.69, 9.17) is 0 Å². The highest BCUT2D eigenvalue weighted by Gasteiger charge is 2.13. The number of aryl methyl sites for hydroxylation is 1. The maximum absolute atomic E-state index is 4.25. The normalized spacial score (nSPS) is 12.6. The van der Waals surface area contributed by atoms with E-state index in [0.717, 1.165) is 13.0 Å². The van der Waals surface area contributed by atoms with Crippen molar-refractivity contribution in [2.24, 2.45) is 0 Å². The van der Waals surface area contributed by atoms with Crippen LogP contribution in [-0.2, 0) is 6.42 Å². The van der Waals surface area contributed by atoms with Crippen LogP contribution in [0.3, 0.4) is 0 Å². The van der Waals surface area contributed by atoms with Crippen LogP contribution in [0.2, 0.25) is 0 Å². The first kappa shape index (κ1) is 16.2. The van der Waals surface area contributed by atoms with E-state index in [9.17, 15) is 0 Å². The molecule has 2 heteroatoms. The third-order valence-corrected chi connectivity index (χ3v) is 3.74. The van der Waals surface area contributed by atoms with Crippen LogP contribution in [0, 0.1) is 0 Å². The molecule has 0 aliphatic carbocycles. The Morgan fingerprint density at radius 3 is 2.58 bits per heavy atom. The van der Waals surface area contributed by atoms with Gasteiger partial charge in [-0.05, 0) is 36.6 Å². The fraction of sp³-hybridized carbons (Fsp3) is 0.706. The van der Waals surface area contributed by atoms with Crippen molar-refractivity contribution in [3.05, 3.63) is 29.6 Å². The number of hydrogen-bond donors (Lipinski definition) is 1. The van der Waals surface area contributed by atoms with Gasteiger partial charge in [-0.25, -0.2) is 0 Å². The van der Waals surface area contributed by atoms with E-state index in [2.05, 4.69) is 37.1 Å². The molecule has 1 atom stereocenters. The fourth-order valence-corrected chi connectivity index (χ4v) is 2.64. The second-order valence-corrected chi connectivity index (χ2v) is 5.24. The Morgan fingerprint density at radius 2 is 1.89 bits per heavy atom. The average molecular weight is 262 g/mol. The summed E-state index contributed by atoms with van der Waals surface area (Å²) in [5.74, 6) is 0. The zero-order valence-electron chi connectivity index (χ0n) is 12.9. The van der Waals surface area contributed by atoms with Crippen LogP contribution >= 0.6 is 0 Å². The molecular formula is C17H30N2. The zero-order chi connectivity index (χ0) is 13.9. The van der Waals surface area contributed by atoms with Crippen LogP contribution in [0.5, 0.6) is 0 Å². The molecule has 0 aromatic carbocycles. The van der Waals surface area contributed by atoms with Crippen molar-refractivity contribution in [1.82, 2.24) is 10.3 Å². The van der Waals surface area contributed by atoms with Gasteiger partial charge in [-0.1, -0.05) is 52.9 Å². The van der Waals surface area contributed by atoms with Crippen LogP contribution in [0.1, 0.15) is 76.5 Å². The summed E-state index contributed by atoms with van der Waals surface area (Å²) in [4.78, 5) is 4.25. The molecule has 0 aliphatic heterocycles. The van der Waals surface area contributed by atoms with Crippen molar-refractivity contribution < 1.29 is 0 Å². The quantitative estimate of drug-likeness (QED) is 0.621. The van der Waals surface area contributed by atoms with Gasteiger partial charge in [-0.15, -0.1) is 0 Å². The van der Waals surface area contributed by atoms with E-state index in [1.54, 1.807) is 0 Å². The molecule has 0 radical (unpaired) electrons. The molecule has 1 rings (SSSR count). The summed E-state index contributed by atoms with van der Waals surface area (Å²) in [7, 11) is 0. The predicted molar refractivity (Wildman–Crippen MR) is 83.4 cm³/mol. The van der Waals surface area contributed by atoms with Crippen LogP contribution in [0.15, 0.2) is 18.5 Å². The zero-order valence-corrected chi connectivity index (χ0v) is 12.9. The van der Waals surface area contributed by atoms with Crippen molar-refractivity contribution in [3.63, 3.8) is 0 Å². The molecule has 0 bridgehead atoms. The van der Waals surface area contributed by atoms with Crippen LogP contribution < -0.4 is 5.32 Å². The van der Waals surface area contributed by atoms with E-state index in [-0.39, 0.29) is 0 Å². The van der Waals surface area contributed by atoms with Gasteiger partial charge in [-0.2, -0.15) is 0 Å². The Labute approximate surface area is 119 Å². The summed E-state index contributed by atoms with van der Waals surface area (Å²) in [6.45, 7) is 7.71. The van der Waals surface area contributed by atoms with Gasteiger partial charge in [0.1, 0.15) is 0 Å². The highest BCUT2D eigenvalue weighted by molar-refractivity contribution is 5.26. The molecule has 0 aliphatic rings. The van der Waals surface area contributed by atoms with E-state index in [0.29, 0.717) is 6.04 Å². The van der Waals surface area contributed by atoms with Crippen molar-refractivity contribution in [2.75, 3.05) is 6.54 Å². The Bertz CT molecular complexity index is 336. The molecule has 1 aromatic rings. The van der Waals surface area contributed by atoms with Crippen molar-refractivity contribution in [2.45, 2.75) is 71.8 Å². The first-order chi connectivity index (χ1) is 9.33. The Balaban J connectivity index is 2.55. The molecular weight excluding hydrogens is 232 g/mol. The highest BCUT2D eigenvalue weighted by Crippen LogP contribution is 2.23. The minimum atomic E-state index is 0.504. The van der Waals surface area contributed by atoms with E-state index >= 15 is 0 Å². The number of aromatic nitrogens is 1. The Kier molecular flexibility index (Phi) is 8.48. The molecule has 2 nitrogen and oxygen atoms in total. The number of rotatable bonds is 10. The lowest BCUT2D eigenvalue weighted by Crippen LogP contribution is -2.22. The van der Waals surface area contributed by atoms with Crippen LogP contribution in [-0.4, -0.2) is 11.5 Å². The third kappa shape index (κ3) is 5.73. The summed E-state index contributed by atoms with van der Waals surface area (Å²) >= 11 is 0. The lowest BCUT2D eigenvalue weighted by Gasteiger charge is -2.20. The van der Waals surface area contributed by atoms with Crippen LogP contribution in [0.25, 0.3) is 0 Å². The minimum Gasteiger partial charge on any atom is -0.310 e. The first-order valence-electron chi connectivity index (χ1n) is 7.99. The SMILES string of the molecule is CCCCCCCC(NCC)c1ccncc1CC. The van der Waals surface area contributed by atoms with Gasteiger partial charge in [0.25, 0.3) is 0 Å². The number of nitrogens with zero attached hydrogens (tertiary/aromatic N) is 1. The lowest BCUT2D eigenvalue weighted by molar-refractivity contribution is 0.476. The molecule has 0 spiro atoms. The number of hydrogen-bond acceptors (Lipinski definition) is 2. The standard InChI is InChI=1S/C17H30N2/c1-4-7-8-9-10-11-17(19-6-3)16-12-13-18-14-15(16)5-2/h12-14,17,19H,4-11H2,1-3H3. The smallest absolute Gasteiger partial charge is 0.0323 e. The Morgan fingerprint density at radius 1 is 1.11 bits per heavy atom. The number of nitrogens with one attached hydrogen (secondary N) is 1. The van der Waals surface area contributed by atoms with Crippen LogP contribution in [0.4, 0.5) is 0 Å². The first-order valence-corrected chi connectivity index (χ1v) is 7.99. The molecule has 0 saturated heterocycles. The summed E-state index contributed by atoms with van der Waals surface area (Å²) in [5.41, 5.74) is 2.84. The molecule has 0 amide bonds. The maximum atomic E-state index is 4.25. The lowest BCUT2D eigenvalue weighted by atomic mass is 9.96. The molecule has 0 fully saturated rings. The fourth-order valence-electron chi connectivity index (χ4n) is 2.64. The van der Waals surface area contributed by atoms with Crippen molar-refractivity contribution in [3.8, 4) is 0 Å². The van der Waals surface area contributed by atoms with Crippen molar-refractivity contribution >= 4 is 0 Å². The largest absolute Gasteiger partial charge is 0.310 e. The van der Waals surface area contributed by atoms with Gasteiger partial charge in [0.05, 0.1) is 0 Å². The molecule has 1 aromatic heterocycles. The minimum absolute atomic E-state index is 0.504. The van der Waals surface area contributed by atoms with Gasteiger partial charge in [0.2, 0.25) is 0 Å². The highest BCUT2D eigenvalue weighted by atomic mass is 14.9. The predicted octanol–water partition coefficient (Wildman–Crippen LogP) is 4.66. The van der Waals surface area contributed by atoms with E-state index in [1.807, 2.05) is 12.4 Å². The summed E-state index contributed by atoms with van der Waals surface area (Å²) in [6.07, 6.45) is 13.0. The molecule has 1 unspecified atom stereocenters. The Hall–Kier alpha value is -0.890. The molecule has 19 heavy (non-hydrogen) atoms. The second-order valence-electron chi connectivity index (χ2n) is 5.24. The number of unbranched alkanes of at least 4 members (excludes halogenated alkanes) is 4. The molecule has 1 heterocycles. The summed E-state index contributed by atoms with van der Waals surface area (Å²) < 4.78 is 0. The summed E-state index contributed by atoms with van der Waals surface area (Å²) in [6, 6.07) is 2.70. The van der Waals surface area contributed by atoms with E-state index < -0.39 is 0 Å². The topological polar surface area (TPSA) is 24.9 Å². The van der Waals surface area contributed by atoms with E-state index in [1.165, 1.54) is 49.7 Å². The van der Waals surface area contributed by atoms with Gasteiger partial charge in [0, 0.05) is 18.4 Å². The molecule has 1 N–H and O–H groups in total. The van der Waals surface area contributed by atoms with Gasteiger partial charge in [0.15, 0.2) is 0 Å². The molecule has 0 saturated carbocycles. The van der Waals surface area contributed by atoms with Gasteiger partial charge in [-0.3, -0.25) is 4.98 Å². The third-order valence-electron chi connectivity index (χ3n) is 3.74. The second kappa shape index (κ2) is 9.96. The maximum Gasteiger partial charge on any atom is 0.0323 e. The average Bonchev–Trinajstić information content (AvgIpc) is 2.46.